The summed E-state index contributed by atoms with van der Waals surface area (Å²) in [6.07, 6.45) is 2.20. The molecule has 0 radical (unpaired) electrons. The molecule has 1 aromatic heterocycles. The fourth-order valence-electron chi connectivity index (χ4n) is 3.27. The fourth-order valence-corrected chi connectivity index (χ4v) is 3.27. The lowest BCUT2D eigenvalue weighted by molar-refractivity contribution is -0.132. The van der Waals surface area contributed by atoms with Gasteiger partial charge in [0.15, 0.2) is 0 Å². The highest BCUT2D eigenvalue weighted by Crippen LogP contribution is 2.38. The first-order valence-corrected chi connectivity index (χ1v) is 8.96. The molecule has 2 aromatic rings. The molecule has 1 amide bonds. The van der Waals surface area contributed by atoms with E-state index in [4.69, 9.17) is 0 Å². The van der Waals surface area contributed by atoms with E-state index in [1.54, 1.807) is 23.1 Å². The largest absolute Gasteiger partial charge is 0.368 e. The maximum absolute atomic E-state index is 13.0. The van der Waals surface area contributed by atoms with Crippen LogP contribution in [0, 0.1) is 5.82 Å². The number of hydrogen-bond donors (Lipinski definition) is 0. The standard InChI is InChI=1S/C19H21FN4O2/c20-15-3-5-16(6-4-15)22-9-11-23(12-10-22)19(26)13-24-18(25)8-7-17(21-24)14-1-2-14/h3-8,14H,1-2,9-13H2. The van der Waals surface area contributed by atoms with Crippen LogP contribution in [-0.4, -0.2) is 46.8 Å². The average molecular weight is 356 g/mol. The van der Waals surface area contributed by atoms with Gasteiger partial charge in [-0.2, -0.15) is 5.10 Å². The monoisotopic (exact) mass is 356 g/mol. The molecule has 0 N–H and O–H groups in total. The third-order valence-electron chi connectivity index (χ3n) is 4.99. The van der Waals surface area contributed by atoms with Gasteiger partial charge in [0, 0.05) is 43.9 Å². The smallest absolute Gasteiger partial charge is 0.267 e. The molecule has 136 valence electrons. The second-order valence-corrected chi connectivity index (χ2v) is 6.87. The molecule has 7 heteroatoms. The van der Waals surface area contributed by atoms with E-state index in [1.807, 2.05) is 0 Å². The highest BCUT2D eigenvalue weighted by molar-refractivity contribution is 5.76. The third-order valence-corrected chi connectivity index (χ3v) is 4.99. The highest BCUT2D eigenvalue weighted by Gasteiger charge is 2.26. The summed E-state index contributed by atoms with van der Waals surface area (Å²) < 4.78 is 14.3. The van der Waals surface area contributed by atoms with Gasteiger partial charge in [-0.05, 0) is 43.2 Å². The molecule has 1 saturated heterocycles. The molecule has 4 rings (SSSR count). The number of aromatic nitrogens is 2. The second kappa shape index (κ2) is 6.90. The zero-order valence-corrected chi connectivity index (χ0v) is 14.5. The SMILES string of the molecule is O=C(Cn1nc(C2CC2)ccc1=O)N1CCN(c2ccc(F)cc2)CC1. The molecule has 6 nitrogen and oxygen atoms in total. The van der Waals surface area contributed by atoms with Gasteiger partial charge < -0.3 is 9.80 Å². The molecule has 0 spiro atoms. The summed E-state index contributed by atoms with van der Waals surface area (Å²) in [5.41, 5.74) is 1.61. The van der Waals surface area contributed by atoms with E-state index in [0.717, 1.165) is 24.2 Å². The topological polar surface area (TPSA) is 58.4 Å². The van der Waals surface area contributed by atoms with Crippen LogP contribution in [0.5, 0.6) is 0 Å². The lowest BCUT2D eigenvalue weighted by atomic mass is 10.2. The van der Waals surface area contributed by atoms with Crippen LogP contribution in [0.15, 0.2) is 41.2 Å². The van der Waals surface area contributed by atoms with Crippen LogP contribution in [0.2, 0.25) is 0 Å². The van der Waals surface area contributed by atoms with Gasteiger partial charge in [-0.3, -0.25) is 9.59 Å². The zero-order chi connectivity index (χ0) is 18.1. The second-order valence-electron chi connectivity index (χ2n) is 6.87. The molecule has 2 fully saturated rings. The van der Waals surface area contributed by atoms with Gasteiger partial charge in [-0.25, -0.2) is 9.07 Å². The van der Waals surface area contributed by atoms with Crippen molar-refractivity contribution >= 4 is 11.6 Å². The van der Waals surface area contributed by atoms with Crippen LogP contribution in [-0.2, 0) is 11.3 Å². The average Bonchev–Trinajstić information content (AvgIpc) is 3.49. The highest BCUT2D eigenvalue weighted by atomic mass is 19.1. The number of halogens is 1. The molecule has 26 heavy (non-hydrogen) atoms. The van der Waals surface area contributed by atoms with Crippen molar-refractivity contribution in [3.63, 3.8) is 0 Å². The van der Waals surface area contributed by atoms with Crippen molar-refractivity contribution in [3.05, 3.63) is 58.3 Å². The van der Waals surface area contributed by atoms with E-state index < -0.39 is 0 Å². The summed E-state index contributed by atoms with van der Waals surface area (Å²) in [6, 6.07) is 9.65. The van der Waals surface area contributed by atoms with Crippen LogP contribution in [0.25, 0.3) is 0 Å². The van der Waals surface area contributed by atoms with Crippen LogP contribution < -0.4 is 10.5 Å². The van der Waals surface area contributed by atoms with Gasteiger partial charge in [-0.15, -0.1) is 0 Å². The third kappa shape index (κ3) is 3.61. The first-order valence-electron chi connectivity index (χ1n) is 8.96. The lowest BCUT2D eigenvalue weighted by Crippen LogP contribution is -2.50. The van der Waals surface area contributed by atoms with Crippen molar-refractivity contribution in [2.24, 2.45) is 0 Å². The molecule has 1 aliphatic heterocycles. The minimum atomic E-state index is -0.256. The number of carbonyl (C=O) groups is 1. The molecule has 1 aromatic carbocycles. The maximum Gasteiger partial charge on any atom is 0.267 e. The summed E-state index contributed by atoms with van der Waals surface area (Å²) in [7, 11) is 0. The summed E-state index contributed by atoms with van der Waals surface area (Å²) in [6.45, 7) is 2.50. The first-order chi connectivity index (χ1) is 12.6. The first kappa shape index (κ1) is 16.8. The van der Waals surface area contributed by atoms with E-state index in [2.05, 4.69) is 10.00 Å². The van der Waals surface area contributed by atoms with Gasteiger partial charge >= 0.3 is 0 Å². The van der Waals surface area contributed by atoms with Crippen molar-refractivity contribution in [2.75, 3.05) is 31.1 Å². The van der Waals surface area contributed by atoms with Crippen molar-refractivity contribution in [1.82, 2.24) is 14.7 Å². The molecular formula is C19H21FN4O2. The molecule has 0 atom stereocenters. The minimum absolute atomic E-state index is 0.0179. The van der Waals surface area contributed by atoms with Gasteiger partial charge in [-0.1, -0.05) is 0 Å². The number of piperazine rings is 1. The molecule has 0 unspecified atom stereocenters. The Morgan fingerprint density at radius 2 is 1.73 bits per heavy atom. The Morgan fingerprint density at radius 1 is 1.04 bits per heavy atom. The Balaban J connectivity index is 1.37. The Morgan fingerprint density at radius 3 is 2.38 bits per heavy atom. The quantitative estimate of drug-likeness (QED) is 0.835. The van der Waals surface area contributed by atoms with Gasteiger partial charge in [0.05, 0.1) is 5.69 Å². The van der Waals surface area contributed by atoms with Crippen molar-refractivity contribution in [1.29, 1.82) is 0 Å². The Labute approximate surface area is 150 Å². The predicted molar refractivity (Wildman–Crippen MR) is 95.7 cm³/mol. The van der Waals surface area contributed by atoms with Gasteiger partial charge in [0.1, 0.15) is 12.4 Å². The van der Waals surface area contributed by atoms with E-state index in [1.165, 1.54) is 22.9 Å². The molecule has 0 bridgehead atoms. The van der Waals surface area contributed by atoms with Crippen molar-refractivity contribution < 1.29 is 9.18 Å². The molecule has 1 aliphatic carbocycles. The Hall–Kier alpha value is -2.70. The summed E-state index contributed by atoms with van der Waals surface area (Å²) in [5.74, 6) is 0.0939. The number of amides is 1. The molecule has 1 saturated carbocycles. The molecule has 2 heterocycles. The number of nitrogens with zero attached hydrogens (tertiary/aromatic N) is 4. The van der Waals surface area contributed by atoms with Crippen molar-refractivity contribution in [2.45, 2.75) is 25.3 Å². The number of anilines is 1. The number of rotatable bonds is 4. The molecule has 2 aliphatic rings. The van der Waals surface area contributed by atoms with Crippen LogP contribution >= 0.6 is 0 Å². The van der Waals surface area contributed by atoms with E-state index in [-0.39, 0.29) is 23.8 Å². The van der Waals surface area contributed by atoms with Gasteiger partial charge in [0.25, 0.3) is 5.56 Å². The summed E-state index contributed by atoms with van der Waals surface area (Å²) in [4.78, 5) is 28.4. The number of hydrogen-bond acceptors (Lipinski definition) is 4. The Bertz CT molecular complexity index is 853. The predicted octanol–water partition coefficient (Wildman–Crippen LogP) is 1.61. The summed E-state index contributed by atoms with van der Waals surface area (Å²) in [5, 5.41) is 4.35. The minimum Gasteiger partial charge on any atom is -0.368 e. The summed E-state index contributed by atoms with van der Waals surface area (Å²) >= 11 is 0. The zero-order valence-electron chi connectivity index (χ0n) is 14.5. The van der Waals surface area contributed by atoms with Gasteiger partial charge in [0.2, 0.25) is 5.91 Å². The van der Waals surface area contributed by atoms with E-state index in [9.17, 15) is 14.0 Å². The maximum atomic E-state index is 13.0. The normalized spacial score (nSPS) is 17.4. The molecular weight excluding hydrogens is 335 g/mol. The van der Waals surface area contributed by atoms with Crippen LogP contribution in [0.4, 0.5) is 10.1 Å². The lowest BCUT2D eigenvalue weighted by Gasteiger charge is -2.36. The van der Waals surface area contributed by atoms with Crippen LogP contribution in [0.3, 0.4) is 0 Å². The fraction of sp³-hybridized carbons (Fsp3) is 0.421. The van der Waals surface area contributed by atoms with Crippen LogP contribution in [0.1, 0.15) is 24.5 Å². The van der Waals surface area contributed by atoms with E-state index >= 15 is 0 Å². The van der Waals surface area contributed by atoms with Crippen molar-refractivity contribution in [3.8, 4) is 0 Å². The number of carbonyl (C=O) groups excluding carboxylic acids is 1. The Kier molecular flexibility index (Phi) is 4.44. The van der Waals surface area contributed by atoms with E-state index in [0.29, 0.717) is 32.1 Å². The number of benzene rings is 1.